The molecule has 3 heteroatoms. The minimum atomic E-state index is -0.145. The van der Waals surface area contributed by atoms with Crippen LogP contribution in [0, 0.1) is 0 Å². The third-order valence-electron chi connectivity index (χ3n) is 2.76. The van der Waals surface area contributed by atoms with Gasteiger partial charge in [0.25, 0.3) is 5.91 Å². The Balaban J connectivity index is 2.69. The number of rotatable bonds is 5. The molecule has 1 aromatic carbocycles. The van der Waals surface area contributed by atoms with E-state index in [1.54, 1.807) is 0 Å². The van der Waals surface area contributed by atoms with E-state index in [4.69, 9.17) is 0 Å². The smallest absolute Gasteiger partial charge is 0.251 e. The van der Waals surface area contributed by atoms with Crippen molar-refractivity contribution in [3.8, 4) is 0 Å². The number of benzene rings is 1. The summed E-state index contributed by atoms with van der Waals surface area (Å²) in [5.74, 6) is -0.00824. The average molecular weight is 234 g/mol. The molecule has 0 atom stereocenters. The Kier molecular flexibility index (Phi) is 4.55. The maximum absolute atomic E-state index is 12.0. The van der Waals surface area contributed by atoms with Crippen molar-refractivity contribution in [2.45, 2.75) is 39.2 Å². The van der Waals surface area contributed by atoms with Gasteiger partial charge in [0, 0.05) is 23.8 Å². The zero-order chi connectivity index (χ0) is 12.9. The first-order chi connectivity index (χ1) is 7.98. The summed E-state index contributed by atoms with van der Waals surface area (Å²) in [6.45, 7) is 6.22. The summed E-state index contributed by atoms with van der Waals surface area (Å²) in [6.07, 6.45) is 2.04. The van der Waals surface area contributed by atoms with Gasteiger partial charge in [0.05, 0.1) is 0 Å². The van der Waals surface area contributed by atoms with Gasteiger partial charge in [-0.1, -0.05) is 13.3 Å². The van der Waals surface area contributed by atoms with E-state index in [-0.39, 0.29) is 11.4 Å². The minimum absolute atomic E-state index is 0.00824. The average Bonchev–Trinajstić information content (AvgIpc) is 2.28. The SMILES string of the molecule is CCCC(C)(C)NC(=O)c1ccc(NC)cc1. The highest BCUT2D eigenvalue weighted by Crippen LogP contribution is 2.13. The van der Waals surface area contributed by atoms with Crippen LogP contribution in [-0.4, -0.2) is 18.5 Å². The fourth-order valence-corrected chi connectivity index (χ4v) is 1.86. The van der Waals surface area contributed by atoms with Crippen LogP contribution in [0.25, 0.3) is 0 Å². The zero-order valence-corrected chi connectivity index (χ0v) is 11.1. The molecule has 2 N–H and O–H groups in total. The second-order valence-corrected chi connectivity index (χ2v) is 4.92. The Hall–Kier alpha value is -1.51. The van der Waals surface area contributed by atoms with E-state index in [0.717, 1.165) is 18.5 Å². The monoisotopic (exact) mass is 234 g/mol. The first-order valence-corrected chi connectivity index (χ1v) is 6.09. The molecule has 1 aromatic rings. The number of carbonyl (C=O) groups is 1. The quantitative estimate of drug-likeness (QED) is 0.822. The van der Waals surface area contributed by atoms with Crippen molar-refractivity contribution < 1.29 is 4.79 Å². The van der Waals surface area contributed by atoms with Gasteiger partial charge in [0.1, 0.15) is 0 Å². The van der Waals surface area contributed by atoms with Gasteiger partial charge in [-0.25, -0.2) is 0 Å². The molecule has 17 heavy (non-hydrogen) atoms. The molecule has 0 aliphatic rings. The number of amides is 1. The molecule has 0 aromatic heterocycles. The van der Waals surface area contributed by atoms with Gasteiger partial charge < -0.3 is 10.6 Å². The topological polar surface area (TPSA) is 41.1 Å². The van der Waals surface area contributed by atoms with Crippen LogP contribution in [0.5, 0.6) is 0 Å². The van der Waals surface area contributed by atoms with Crippen LogP contribution in [0.4, 0.5) is 5.69 Å². The molecule has 94 valence electrons. The number of hydrogen-bond acceptors (Lipinski definition) is 2. The van der Waals surface area contributed by atoms with E-state index in [1.807, 2.05) is 31.3 Å². The predicted octanol–water partition coefficient (Wildman–Crippen LogP) is 3.04. The van der Waals surface area contributed by atoms with Gasteiger partial charge in [-0.2, -0.15) is 0 Å². The summed E-state index contributed by atoms with van der Waals surface area (Å²) in [4.78, 5) is 12.0. The molecule has 0 aliphatic heterocycles. The Morgan fingerprint density at radius 3 is 2.29 bits per heavy atom. The van der Waals surface area contributed by atoms with Crippen LogP contribution in [0.2, 0.25) is 0 Å². The van der Waals surface area contributed by atoms with E-state index in [1.165, 1.54) is 0 Å². The maximum Gasteiger partial charge on any atom is 0.251 e. The number of hydrogen-bond donors (Lipinski definition) is 2. The lowest BCUT2D eigenvalue weighted by atomic mass is 9.98. The van der Waals surface area contributed by atoms with Gasteiger partial charge in [0.2, 0.25) is 0 Å². The van der Waals surface area contributed by atoms with E-state index < -0.39 is 0 Å². The maximum atomic E-state index is 12.0. The molecular weight excluding hydrogens is 212 g/mol. The normalized spacial score (nSPS) is 11.1. The summed E-state index contributed by atoms with van der Waals surface area (Å²) < 4.78 is 0. The third-order valence-corrected chi connectivity index (χ3v) is 2.76. The lowest BCUT2D eigenvalue weighted by molar-refractivity contribution is 0.0909. The van der Waals surface area contributed by atoms with Gasteiger partial charge in [0.15, 0.2) is 0 Å². The third kappa shape index (κ3) is 4.10. The van der Waals surface area contributed by atoms with Gasteiger partial charge in [-0.15, -0.1) is 0 Å². The fourth-order valence-electron chi connectivity index (χ4n) is 1.86. The predicted molar refractivity (Wildman–Crippen MR) is 72.4 cm³/mol. The van der Waals surface area contributed by atoms with Gasteiger partial charge >= 0.3 is 0 Å². The highest BCUT2D eigenvalue weighted by atomic mass is 16.1. The molecule has 0 saturated heterocycles. The summed E-state index contributed by atoms with van der Waals surface area (Å²) in [5.41, 5.74) is 1.57. The van der Waals surface area contributed by atoms with Crippen LogP contribution in [0.1, 0.15) is 44.0 Å². The van der Waals surface area contributed by atoms with Crippen LogP contribution in [0.15, 0.2) is 24.3 Å². The van der Waals surface area contributed by atoms with E-state index in [0.29, 0.717) is 5.56 Å². The van der Waals surface area contributed by atoms with Crippen molar-refractivity contribution >= 4 is 11.6 Å². The van der Waals surface area contributed by atoms with E-state index in [2.05, 4.69) is 31.4 Å². The molecule has 0 saturated carbocycles. The molecule has 0 spiro atoms. The van der Waals surface area contributed by atoms with Crippen molar-refractivity contribution in [2.24, 2.45) is 0 Å². The second-order valence-electron chi connectivity index (χ2n) is 4.92. The van der Waals surface area contributed by atoms with Crippen molar-refractivity contribution in [2.75, 3.05) is 12.4 Å². The van der Waals surface area contributed by atoms with Crippen molar-refractivity contribution in [3.63, 3.8) is 0 Å². The lowest BCUT2D eigenvalue weighted by Gasteiger charge is -2.25. The standard InChI is InChI=1S/C14H22N2O/c1-5-10-14(2,3)16-13(17)11-6-8-12(15-4)9-7-11/h6-9,15H,5,10H2,1-4H3,(H,16,17). The summed E-state index contributed by atoms with van der Waals surface area (Å²) >= 11 is 0. The van der Waals surface area contributed by atoms with Gasteiger partial charge in [-0.3, -0.25) is 4.79 Å². The van der Waals surface area contributed by atoms with Gasteiger partial charge in [-0.05, 0) is 44.5 Å². The fraction of sp³-hybridized carbons (Fsp3) is 0.500. The summed E-state index contributed by atoms with van der Waals surface area (Å²) in [6, 6.07) is 7.48. The van der Waals surface area contributed by atoms with E-state index in [9.17, 15) is 4.79 Å². The first-order valence-electron chi connectivity index (χ1n) is 6.09. The molecule has 0 radical (unpaired) electrons. The number of nitrogens with one attached hydrogen (secondary N) is 2. The summed E-state index contributed by atoms with van der Waals surface area (Å²) in [7, 11) is 1.86. The van der Waals surface area contributed by atoms with Crippen molar-refractivity contribution in [1.29, 1.82) is 0 Å². The van der Waals surface area contributed by atoms with Crippen LogP contribution in [-0.2, 0) is 0 Å². The van der Waals surface area contributed by atoms with E-state index >= 15 is 0 Å². The molecule has 3 nitrogen and oxygen atoms in total. The molecular formula is C14H22N2O. The number of carbonyl (C=O) groups excluding carboxylic acids is 1. The Labute approximate surface area is 104 Å². The Bertz CT molecular complexity index is 368. The highest BCUT2D eigenvalue weighted by Gasteiger charge is 2.19. The molecule has 0 fully saturated rings. The highest BCUT2D eigenvalue weighted by molar-refractivity contribution is 5.94. The molecule has 1 rings (SSSR count). The minimum Gasteiger partial charge on any atom is -0.388 e. The molecule has 0 heterocycles. The van der Waals surface area contributed by atoms with Crippen LogP contribution < -0.4 is 10.6 Å². The van der Waals surface area contributed by atoms with Crippen LogP contribution in [0.3, 0.4) is 0 Å². The molecule has 0 bridgehead atoms. The lowest BCUT2D eigenvalue weighted by Crippen LogP contribution is -2.43. The Morgan fingerprint density at radius 1 is 1.24 bits per heavy atom. The summed E-state index contributed by atoms with van der Waals surface area (Å²) in [5, 5.41) is 6.08. The molecule has 0 aliphatic carbocycles. The molecule has 0 unspecified atom stereocenters. The van der Waals surface area contributed by atoms with Crippen molar-refractivity contribution in [3.05, 3.63) is 29.8 Å². The largest absolute Gasteiger partial charge is 0.388 e. The van der Waals surface area contributed by atoms with Crippen molar-refractivity contribution in [1.82, 2.24) is 5.32 Å². The Morgan fingerprint density at radius 2 is 1.82 bits per heavy atom. The number of anilines is 1. The molecule has 1 amide bonds. The first kappa shape index (κ1) is 13.6. The second kappa shape index (κ2) is 5.71. The van der Waals surface area contributed by atoms with Crippen LogP contribution >= 0.6 is 0 Å². The zero-order valence-electron chi connectivity index (χ0n) is 11.1.